The molecule has 116 valence electrons. The van der Waals surface area contributed by atoms with Crippen LogP contribution in [0.5, 0.6) is 0 Å². The summed E-state index contributed by atoms with van der Waals surface area (Å²) in [5.41, 5.74) is 6.61. The largest absolute Gasteiger partial charge is 0.465 e. The van der Waals surface area contributed by atoms with E-state index in [2.05, 4.69) is 4.98 Å². The molecule has 1 heterocycles. The fourth-order valence-electron chi connectivity index (χ4n) is 2.48. The average Bonchev–Trinajstić information content (AvgIpc) is 2.50. The van der Waals surface area contributed by atoms with E-state index in [0.29, 0.717) is 17.7 Å². The second-order valence-electron chi connectivity index (χ2n) is 5.32. The predicted octanol–water partition coefficient (Wildman–Crippen LogP) is 2.87. The number of benzene rings is 1. The fraction of sp³-hybridized carbons (Fsp3) is 0.294. The number of anilines is 1. The van der Waals surface area contributed by atoms with Crippen LogP contribution in [-0.2, 0) is 21.4 Å². The van der Waals surface area contributed by atoms with Crippen LogP contribution in [0.1, 0.15) is 25.0 Å². The highest BCUT2D eigenvalue weighted by Crippen LogP contribution is 2.34. The molecule has 2 rings (SSSR count). The maximum Gasteiger partial charge on any atom is 0.316 e. The van der Waals surface area contributed by atoms with Crippen molar-refractivity contribution in [1.82, 2.24) is 4.98 Å². The Labute approximate surface area is 129 Å². The summed E-state index contributed by atoms with van der Waals surface area (Å²) in [6, 6.07) is 7.67. The number of carbonyl (C=O) groups excluding carboxylic acids is 1. The van der Waals surface area contributed by atoms with Crippen molar-refractivity contribution in [3.63, 3.8) is 0 Å². The molecule has 2 aromatic rings. The zero-order valence-corrected chi connectivity index (χ0v) is 12.7. The first kappa shape index (κ1) is 15.9. The molecule has 0 spiro atoms. The maximum absolute atomic E-state index is 13.6. The number of aromatic nitrogens is 1. The van der Waals surface area contributed by atoms with Crippen molar-refractivity contribution < 1.29 is 13.9 Å². The van der Waals surface area contributed by atoms with Crippen molar-refractivity contribution >= 4 is 11.7 Å². The van der Waals surface area contributed by atoms with Gasteiger partial charge in [0.1, 0.15) is 5.82 Å². The standard InChI is InChI=1S/C17H19FN2O2/c1-3-22-16(21)17(2,11-12-6-8-20-9-7-12)14-10-13(18)4-5-15(14)19/h4-10H,3,11,19H2,1-2H3. The molecule has 1 unspecified atom stereocenters. The third kappa shape index (κ3) is 3.24. The van der Waals surface area contributed by atoms with Gasteiger partial charge in [0.25, 0.3) is 0 Å². The minimum absolute atomic E-state index is 0.250. The molecule has 0 aliphatic rings. The SMILES string of the molecule is CCOC(=O)C(C)(Cc1ccncc1)c1cc(F)ccc1N. The second-order valence-corrected chi connectivity index (χ2v) is 5.32. The van der Waals surface area contributed by atoms with Gasteiger partial charge in [0, 0.05) is 18.1 Å². The number of ether oxygens (including phenoxy) is 1. The molecule has 0 radical (unpaired) electrons. The van der Waals surface area contributed by atoms with Crippen LogP contribution < -0.4 is 5.73 Å². The molecular weight excluding hydrogens is 283 g/mol. The highest BCUT2D eigenvalue weighted by Gasteiger charge is 2.38. The lowest BCUT2D eigenvalue weighted by Crippen LogP contribution is -2.37. The first-order valence-electron chi connectivity index (χ1n) is 7.09. The van der Waals surface area contributed by atoms with E-state index in [1.807, 2.05) is 12.1 Å². The van der Waals surface area contributed by atoms with Gasteiger partial charge in [-0.1, -0.05) is 0 Å². The van der Waals surface area contributed by atoms with Crippen LogP contribution in [-0.4, -0.2) is 17.6 Å². The number of pyridine rings is 1. The van der Waals surface area contributed by atoms with Crippen LogP contribution >= 0.6 is 0 Å². The monoisotopic (exact) mass is 302 g/mol. The molecule has 0 bridgehead atoms. The molecule has 0 saturated heterocycles. The number of hydrogen-bond donors (Lipinski definition) is 1. The molecule has 1 atom stereocenters. The Balaban J connectivity index is 2.50. The predicted molar refractivity (Wildman–Crippen MR) is 82.7 cm³/mol. The fourth-order valence-corrected chi connectivity index (χ4v) is 2.48. The van der Waals surface area contributed by atoms with Crippen molar-refractivity contribution in [1.29, 1.82) is 0 Å². The zero-order valence-electron chi connectivity index (χ0n) is 12.7. The van der Waals surface area contributed by atoms with Crippen LogP contribution in [0.2, 0.25) is 0 Å². The number of carbonyl (C=O) groups is 1. The molecule has 22 heavy (non-hydrogen) atoms. The summed E-state index contributed by atoms with van der Waals surface area (Å²) in [4.78, 5) is 16.5. The van der Waals surface area contributed by atoms with Crippen molar-refractivity contribution in [2.45, 2.75) is 25.7 Å². The van der Waals surface area contributed by atoms with E-state index in [1.54, 1.807) is 26.2 Å². The van der Waals surface area contributed by atoms with Crippen LogP contribution in [0, 0.1) is 5.82 Å². The normalized spacial score (nSPS) is 13.4. The number of nitrogens with two attached hydrogens (primary N) is 1. The smallest absolute Gasteiger partial charge is 0.316 e. The van der Waals surface area contributed by atoms with Crippen LogP contribution in [0.25, 0.3) is 0 Å². The number of esters is 1. The van der Waals surface area contributed by atoms with E-state index >= 15 is 0 Å². The molecule has 2 N–H and O–H groups in total. The third-order valence-electron chi connectivity index (χ3n) is 3.64. The van der Waals surface area contributed by atoms with Gasteiger partial charge in [-0.25, -0.2) is 4.39 Å². The molecule has 0 saturated carbocycles. The summed E-state index contributed by atoms with van der Waals surface area (Å²) in [5, 5.41) is 0. The van der Waals surface area contributed by atoms with Crippen LogP contribution in [0.15, 0.2) is 42.7 Å². The lowest BCUT2D eigenvalue weighted by atomic mass is 9.76. The van der Waals surface area contributed by atoms with Crippen molar-refractivity contribution in [2.24, 2.45) is 0 Å². The number of nitrogens with zero attached hydrogens (tertiary/aromatic N) is 1. The molecule has 1 aromatic heterocycles. The Morgan fingerprint density at radius 2 is 2.00 bits per heavy atom. The second kappa shape index (κ2) is 6.56. The topological polar surface area (TPSA) is 65.2 Å². The Morgan fingerprint density at radius 1 is 1.32 bits per heavy atom. The van der Waals surface area contributed by atoms with E-state index < -0.39 is 17.2 Å². The highest BCUT2D eigenvalue weighted by molar-refractivity contribution is 5.85. The Hall–Kier alpha value is -2.43. The first-order chi connectivity index (χ1) is 10.5. The Kier molecular flexibility index (Phi) is 4.75. The average molecular weight is 302 g/mol. The van der Waals surface area contributed by atoms with Crippen molar-refractivity contribution in [2.75, 3.05) is 12.3 Å². The van der Waals surface area contributed by atoms with Crippen LogP contribution in [0.3, 0.4) is 0 Å². The minimum Gasteiger partial charge on any atom is -0.465 e. The van der Waals surface area contributed by atoms with E-state index in [4.69, 9.17) is 10.5 Å². The molecule has 5 heteroatoms. The lowest BCUT2D eigenvalue weighted by Gasteiger charge is -2.29. The quantitative estimate of drug-likeness (QED) is 0.681. The van der Waals surface area contributed by atoms with E-state index in [9.17, 15) is 9.18 Å². The molecular formula is C17H19FN2O2. The minimum atomic E-state index is -1.07. The Bertz CT molecular complexity index is 661. The van der Waals surface area contributed by atoms with E-state index in [-0.39, 0.29) is 6.61 Å². The molecule has 0 fully saturated rings. The van der Waals surface area contributed by atoms with Crippen molar-refractivity contribution in [3.05, 3.63) is 59.7 Å². The van der Waals surface area contributed by atoms with Crippen molar-refractivity contribution in [3.8, 4) is 0 Å². The maximum atomic E-state index is 13.6. The zero-order chi connectivity index (χ0) is 16.2. The van der Waals surface area contributed by atoms with Gasteiger partial charge in [0.05, 0.1) is 12.0 Å². The number of rotatable bonds is 5. The van der Waals surface area contributed by atoms with E-state index in [1.165, 1.54) is 18.2 Å². The summed E-state index contributed by atoms with van der Waals surface area (Å²) in [6.45, 7) is 3.70. The number of hydrogen-bond acceptors (Lipinski definition) is 4. The molecule has 0 aliphatic heterocycles. The number of nitrogen functional groups attached to an aromatic ring is 1. The highest BCUT2D eigenvalue weighted by atomic mass is 19.1. The Morgan fingerprint density at radius 3 is 2.64 bits per heavy atom. The van der Waals surface area contributed by atoms with Gasteiger partial charge in [-0.2, -0.15) is 0 Å². The number of halogens is 1. The third-order valence-corrected chi connectivity index (χ3v) is 3.64. The molecule has 0 aliphatic carbocycles. The van der Waals surface area contributed by atoms with Gasteiger partial charge in [-0.15, -0.1) is 0 Å². The lowest BCUT2D eigenvalue weighted by molar-refractivity contribution is -0.149. The van der Waals surface area contributed by atoms with Gasteiger partial charge in [0.2, 0.25) is 0 Å². The van der Waals surface area contributed by atoms with Gasteiger partial charge in [0.15, 0.2) is 0 Å². The van der Waals surface area contributed by atoms with Gasteiger partial charge >= 0.3 is 5.97 Å². The summed E-state index contributed by atoms with van der Waals surface area (Å²) in [5.74, 6) is -0.862. The van der Waals surface area contributed by atoms with Gasteiger partial charge < -0.3 is 10.5 Å². The van der Waals surface area contributed by atoms with E-state index in [0.717, 1.165) is 5.56 Å². The molecule has 4 nitrogen and oxygen atoms in total. The van der Waals surface area contributed by atoms with Gasteiger partial charge in [-0.3, -0.25) is 9.78 Å². The molecule has 1 aromatic carbocycles. The molecule has 0 amide bonds. The summed E-state index contributed by atoms with van der Waals surface area (Å²) in [7, 11) is 0. The summed E-state index contributed by atoms with van der Waals surface area (Å²) < 4.78 is 18.8. The van der Waals surface area contributed by atoms with Gasteiger partial charge in [-0.05, 0) is 61.7 Å². The van der Waals surface area contributed by atoms with Crippen LogP contribution in [0.4, 0.5) is 10.1 Å². The first-order valence-corrected chi connectivity index (χ1v) is 7.09. The summed E-state index contributed by atoms with van der Waals surface area (Å²) in [6.07, 6.45) is 3.65. The summed E-state index contributed by atoms with van der Waals surface area (Å²) >= 11 is 0.